The molecule has 0 atom stereocenters. The summed E-state index contributed by atoms with van der Waals surface area (Å²) in [5.41, 5.74) is 4.95. The van der Waals surface area contributed by atoms with Crippen molar-refractivity contribution in [1.29, 1.82) is 0 Å². The normalized spacial score (nSPS) is 16.3. The van der Waals surface area contributed by atoms with Gasteiger partial charge in [0.2, 0.25) is 17.8 Å². The molecule has 2 fully saturated rings. The highest BCUT2D eigenvalue weighted by Crippen LogP contribution is 2.35. The Labute approximate surface area is 232 Å². The molecular weight excluding hydrogens is 606 g/mol. The lowest BCUT2D eigenvalue weighted by atomic mass is 10.2. The quantitative estimate of drug-likeness (QED) is 0.291. The third kappa shape index (κ3) is 6.95. The first kappa shape index (κ1) is 25.8. The van der Waals surface area contributed by atoms with Crippen molar-refractivity contribution in [2.75, 3.05) is 67.8 Å². The Morgan fingerprint density at radius 3 is 2.00 bits per heavy atom. The van der Waals surface area contributed by atoms with Crippen molar-refractivity contribution in [3.63, 3.8) is 0 Å². The van der Waals surface area contributed by atoms with Crippen LogP contribution in [0.4, 0.5) is 17.8 Å². The van der Waals surface area contributed by atoms with Gasteiger partial charge in [0, 0.05) is 26.2 Å². The molecule has 3 aromatic rings. The number of benzene rings is 2. The summed E-state index contributed by atoms with van der Waals surface area (Å²) in [4.78, 5) is 18.2. The van der Waals surface area contributed by atoms with Crippen LogP contribution < -0.4 is 20.0 Å². The van der Waals surface area contributed by atoms with Gasteiger partial charge in [0.25, 0.3) is 0 Å². The Morgan fingerprint density at radius 2 is 1.43 bits per heavy atom. The zero-order valence-electron chi connectivity index (χ0n) is 20.1. The van der Waals surface area contributed by atoms with Crippen molar-refractivity contribution in [1.82, 2.24) is 15.0 Å². The maximum Gasteiger partial charge on any atom is 0.250 e. The minimum absolute atomic E-state index is 0.384. The van der Waals surface area contributed by atoms with E-state index in [0.717, 1.165) is 52.0 Å². The van der Waals surface area contributed by atoms with E-state index < -0.39 is 0 Å². The third-order valence-corrected chi connectivity index (χ3v) is 7.00. The van der Waals surface area contributed by atoms with E-state index in [4.69, 9.17) is 19.2 Å². The Balaban J connectivity index is 1.30. The highest BCUT2D eigenvalue weighted by molar-refractivity contribution is 9.11. The Hall–Kier alpha value is -2.80. The molecule has 2 aliphatic rings. The summed E-state index contributed by atoms with van der Waals surface area (Å²) >= 11 is 7.23. The average molecular weight is 633 g/mol. The number of nitrogens with one attached hydrogen (secondary N) is 1. The van der Waals surface area contributed by atoms with Crippen molar-refractivity contribution in [2.24, 2.45) is 5.10 Å². The first-order valence-corrected chi connectivity index (χ1v) is 13.6. The molecular formula is C25H27Br2N7O3. The van der Waals surface area contributed by atoms with Gasteiger partial charge in [0.15, 0.2) is 0 Å². The summed E-state index contributed by atoms with van der Waals surface area (Å²) in [7, 11) is 0. The average Bonchev–Trinajstić information content (AvgIpc) is 2.94. The number of nitrogens with zero attached hydrogens (tertiary/aromatic N) is 6. The Bertz CT molecular complexity index is 1160. The van der Waals surface area contributed by atoms with E-state index in [1.165, 1.54) is 0 Å². The molecule has 0 radical (unpaired) electrons. The maximum absolute atomic E-state index is 6.02. The second-order valence-electron chi connectivity index (χ2n) is 8.42. The van der Waals surface area contributed by atoms with Crippen LogP contribution in [0.5, 0.6) is 5.75 Å². The number of aromatic nitrogens is 3. The number of anilines is 3. The van der Waals surface area contributed by atoms with Gasteiger partial charge >= 0.3 is 0 Å². The molecule has 0 bridgehead atoms. The van der Waals surface area contributed by atoms with Gasteiger partial charge in [-0.05, 0) is 55.1 Å². The Morgan fingerprint density at radius 1 is 0.865 bits per heavy atom. The number of rotatable bonds is 8. The highest BCUT2D eigenvalue weighted by Gasteiger charge is 2.20. The fourth-order valence-corrected chi connectivity index (χ4v) is 5.35. The van der Waals surface area contributed by atoms with Crippen LogP contribution in [0, 0.1) is 0 Å². The van der Waals surface area contributed by atoms with Crippen LogP contribution in [0.2, 0.25) is 0 Å². The second-order valence-corrected chi connectivity index (χ2v) is 10.1. The van der Waals surface area contributed by atoms with Gasteiger partial charge in [0.1, 0.15) is 12.4 Å². The second kappa shape index (κ2) is 12.6. The molecule has 194 valence electrons. The molecule has 37 heavy (non-hydrogen) atoms. The first-order chi connectivity index (χ1) is 18.2. The number of hydrogen-bond donors (Lipinski definition) is 1. The maximum atomic E-state index is 6.02. The predicted molar refractivity (Wildman–Crippen MR) is 150 cm³/mol. The van der Waals surface area contributed by atoms with Crippen molar-refractivity contribution in [3.05, 3.63) is 62.5 Å². The van der Waals surface area contributed by atoms with Crippen LogP contribution in [0.25, 0.3) is 0 Å². The smallest absolute Gasteiger partial charge is 0.250 e. The van der Waals surface area contributed by atoms with E-state index in [2.05, 4.69) is 62.2 Å². The van der Waals surface area contributed by atoms with Crippen molar-refractivity contribution in [3.8, 4) is 5.75 Å². The Kier molecular flexibility index (Phi) is 8.82. The third-order valence-electron chi connectivity index (χ3n) is 5.82. The molecule has 0 saturated carbocycles. The van der Waals surface area contributed by atoms with E-state index in [-0.39, 0.29) is 0 Å². The molecule has 1 aromatic heterocycles. The topological polar surface area (TPSA) is 97.2 Å². The number of halogens is 2. The monoisotopic (exact) mass is 631 g/mol. The van der Waals surface area contributed by atoms with Crippen LogP contribution >= 0.6 is 31.9 Å². The molecule has 3 heterocycles. The van der Waals surface area contributed by atoms with E-state index in [1.807, 2.05) is 42.5 Å². The van der Waals surface area contributed by atoms with Gasteiger partial charge in [-0.25, -0.2) is 5.43 Å². The zero-order valence-corrected chi connectivity index (χ0v) is 23.3. The minimum atomic E-state index is 0.384. The standard InChI is InChI=1S/C25H27Br2N7O3/c26-20-14-19(15-21(27)22(20)37-17-18-4-2-1-3-5-18)16-28-32-23-29-24(33-6-10-35-11-7-33)31-25(30-23)34-8-12-36-13-9-34/h1-5,14-16H,6-13,17H2,(H,29,30,31,32)/b28-16-. The lowest BCUT2D eigenvalue weighted by molar-refractivity contribution is 0.121. The van der Waals surface area contributed by atoms with Crippen LogP contribution in [0.15, 0.2) is 56.5 Å². The van der Waals surface area contributed by atoms with E-state index in [0.29, 0.717) is 50.9 Å². The largest absolute Gasteiger partial charge is 0.487 e. The molecule has 12 heteroatoms. The summed E-state index contributed by atoms with van der Waals surface area (Å²) in [6.07, 6.45) is 1.71. The number of hydrazone groups is 1. The van der Waals surface area contributed by atoms with Crippen molar-refractivity contribution >= 4 is 55.9 Å². The number of morpholine rings is 2. The van der Waals surface area contributed by atoms with Gasteiger partial charge in [-0.15, -0.1) is 0 Å². The van der Waals surface area contributed by atoms with Gasteiger partial charge in [-0.3, -0.25) is 0 Å². The number of hydrogen-bond acceptors (Lipinski definition) is 10. The highest BCUT2D eigenvalue weighted by atomic mass is 79.9. The molecule has 2 aromatic carbocycles. The lowest BCUT2D eigenvalue weighted by Gasteiger charge is -2.30. The summed E-state index contributed by atoms with van der Waals surface area (Å²) in [5.74, 6) is 2.35. The minimum Gasteiger partial charge on any atom is -0.487 e. The fourth-order valence-electron chi connectivity index (χ4n) is 3.90. The fraction of sp³-hybridized carbons (Fsp3) is 0.360. The van der Waals surface area contributed by atoms with E-state index in [9.17, 15) is 0 Å². The van der Waals surface area contributed by atoms with Gasteiger partial charge in [-0.2, -0.15) is 20.1 Å². The van der Waals surface area contributed by atoms with Crippen molar-refractivity contribution < 1.29 is 14.2 Å². The molecule has 10 nitrogen and oxygen atoms in total. The summed E-state index contributed by atoms with van der Waals surface area (Å²) in [6.45, 7) is 5.99. The zero-order chi connectivity index (χ0) is 25.5. The van der Waals surface area contributed by atoms with Crippen LogP contribution in [-0.4, -0.2) is 73.8 Å². The SMILES string of the molecule is Brc1cc(/C=N\Nc2nc(N3CCOCC3)nc(N3CCOCC3)n2)cc(Br)c1OCc1ccccc1. The lowest BCUT2D eigenvalue weighted by Crippen LogP contribution is -2.40. The molecule has 5 rings (SSSR count). The van der Waals surface area contributed by atoms with Crippen LogP contribution in [-0.2, 0) is 16.1 Å². The molecule has 0 aliphatic carbocycles. The van der Waals surface area contributed by atoms with Crippen molar-refractivity contribution in [2.45, 2.75) is 6.61 Å². The van der Waals surface area contributed by atoms with Gasteiger partial charge in [0.05, 0.1) is 41.6 Å². The molecule has 2 saturated heterocycles. The van der Waals surface area contributed by atoms with E-state index >= 15 is 0 Å². The van der Waals surface area contributed by atoms with Gasteiger partial charge < -0.3 is 24.0 Å². The van der Waals surface area contributed by atoms with E-state index in [1.54, 1.807) is 6.21 Å². The first-order valence-electron chi connectivity index (χ1n) is 12.0. The summed E-state index contributed by atoms with van der Waals surface area (Å²) in [5, 5.41) is 4.39. The summed E-state index contributed by atoms with van der Waals surface area (Å²) < 4.78 is 18.6. The van der Waals surface area contributed by atoms with Crippen LogP contribution in [0.3, 0.4) is 0 Å². The molecule has 1 N–H and O–H groups in total. The molecule has 0 spiro atoms. The molecule has 0 amide bonds. The number of ether oxygens (including phenoxy) is 3. The van der Waals surface area contributed by atoms with Crippen LogP contribution in [0.1, 0.15) is 11.1 Å². The van der Waals surface area contributed by atoms with Gasteiger partial charge in [-0.1, -0.05) is 30.3 Å². The molecule has 2 aliphatic heterocycles. The summed E-state index contributed by atoms with van der Waals surface area (Å²) in [6, 6.07) is 13.9. The predicted octanol–water partition coefficient (Wildman–Crippen LogP) is 4.09. The molecule has 0 unspecified atom stereocenters.